The van der Waals surface area contributed by atoms with E-state index in [0.29, 0.717) is 5.92 Å². The molecule has 0 fully saturated rings. The molecule has 0 aliphatic rings. The Balaban J connectivity index is 2.83. The van der Waals surface area contributed by atoms with Crippen LogP contribution in [0.1, 0.15) is 45.0 Å². The Morgan fingerprint density at radius 1 is 1.57 bits per heavy atom. The molecule has 0 amide bonds. The van der Waals surface area contributed by atoms with E-state index in [1.165, 1.54) is 0 Å². The average molecular weight is 196 g/mol. The van der Waals surface area contributed by atoms with Gasteiger partial charge in [-0.05, 0) is 6.92 Å². The van der Waals surface area contributed by atoms with Crippen LogP contribution in [-0.2, 0) is 4.79 Å². The highest BCUT2D eigenvalue weighted by Crippen LogP contribution is 2.18. The molecule has 4 nitrogen and oxygen atoms in total. The van der Waals surface area contributed by atoms with Gasteiger partial charge in [0.05, 0.1) is 6.42 Å². The molecule has 0 aromatic carbocycles. The summed E-state index contributed by atoms with van der Waals surface area (Å²) in [5, 5.41) is 8.68. The second-order valence-corrected chi connectivity index (χ2v) is 3.79. The zero-order valence-corrected chi connectivity index (χ0v) is 8.77. The lowest BCUT2D eigenvalue weighted by molar-refractivity contribution is -0.137. The van der Waals surface area contributed by atoms with E-state index in [2.05, 4.69) is 4.98 Å². The first-order valence-electron chi connectivity index (χ1n) is 4.77. The molecule has 0 aliphatic carbocycles. The molecular weight excluding hydrogens is 180 g/mol. The van der Waals surface area contributed by atoms with Crippen molar-refractivity contribution < 1.29 is 9.90 Å². The van der Waals surface area contributed by atoms with Gasteiger partial charge in [0.15, 0.2) is 0 Å². The van der Waals surface area contributed by atoms with Gasteiger partial charge >= 0.3 is 5.97 Å². The summed E-state index contributed by atoms with van der Waals surface area (Å²) in [4.78, 5) is 14.8. The summed E-state index contributed by atoms with van der Waals surface area (Å²) < 4.78 is 1.93. The highest BCUT2D eigenvalue weighted by Gasteiger charge is 2.14. The van der Waals surface area contributed by atoms with E-state index < -0.39 is 5.97 Å². The number of imidazole rings is 1. The number of aliphatic carboxylic acids is 1. The molecule has 1 N–H and O–H groups in total. The molecule has 0 radical (unpaired) electrons. The fourth-order valence-corrected chi connectivity index (χ4v) is 1.50. The molecule has 0 aliphatic heterocycles. The number of hydrogen-bond donors (Lipinski definition) is 1. The summed E-state index contributed by atoms with van der Waals surface area (Å²) in [6, 6.07) is -0.0348. The maximum Gasteiger partial charge on any atom is 0.305 e. The number of nitrogens with zero attached hydrogens (tertiary/aromatic N) is 2. The highest BCUT2D eigenvalue weighted by atomic mass is 16.4. The van der Waals surface area contributed by atoms with Crippen LogP contribution in [0, 0.1) is 0 Å². The Bertz CT molecular complexity index is 318. The van der Waals surface area contributed by atoms with Crippen molar-refractivity contribution >= 4 is 5.97 Å². The van der Waals surface area contributed by atoms with Crippen molar-refractivity contribution in [3.8, 4) is 0 Å². The van der Waals surface area contributed by atoms with Crippen molar-refractivity contribution in [1.82, 2.24) is 9.55 Å². The molecule has 0 saturated heterocycles. The van der Waals surface area contributed by atoms with E-state index in [1.807, 2.05) is 31.5 Å². The first kappa shape index (κ1) is 10.8. The SMILES string of the molecule is CC(C)c1nccn1C(C)CC(=O)O. The van der Waals surface area contributed by atoms with Gasteiger partial charge in [0, 0.05) is 24.4 Å². The Kier molecular flexibility index (Phi) is 3.28. The number of rotatable bonds is 4. The maximum absolute atomic E-state index is 10.6. The van der Waals surface area contributed by atoms with Crippen molar-refractivity contribution in [3.63, 3.8) is 0 Å². The molecule has 1 aromatic heterocycles. The number of hydrogen-bond acceptors (Lipinski definition) is 2. The third-order valence-corrected chi connectivity index (χ3v) is 2.16. The van der Waals surface area contributed by atoms with Gasteiger partial charge in [-0.2, -0.15) is 0 Å². The minimum Gasteiger partial charge on any atom is -0.481 e. The van der Waals surface area contributed by atoms with Crippen LogP contribution in [0.3, 0.4) is 0 Å². The fraction of sp³-hybridized carbons (Fsp3) is 0.600. The third-order valence-electron chi connectivity index (χ3n) is 2.16. The molecule has 0 spiro atoms. The quantitative estimate of drug-likeness (QED) is 0.801. The van der Waals surface area contributed by atoms with Gasteiger partial charge in [0.25, 0.3) is 0 Å². The van der Waals surface area contributed by atoms with E-state index in [0.717, 1.165) is 5.82 Å². The topological polar surface area (TPSA) is 55.1 Å². The van der Waals surface area contributed by atoms with Gasteiger partial charge < -0.3 is 9.67 Å². The maximum atomic E-state index is 10.6. The first-order valence-corrected chi connectivity index (χ1v) is 4.77. The van der Waals surface area contributed by atoms with Crippen LogP contribution < -0.4 is 0 Å². The normalized spacial score (nSPS) is 13.1. The molecule has 0 bridgehead atoms. The molecular formula is C10H16N2O2. The summed E-state index contributed by atoms with van der Waals surface area (Å²) in [5.74, 6) is 0.487. The van der Waals surface area contributed by atoms with E-state index in [1.54, 1.807) is 6.20 Å². The molecule has 0 saturated carbocycles. The summed E-state index contributed by atoms with van der Waals surface area (Å²) >= 11 is 0. The van der Waals surface area contributed by atoms with Crippen LogP contribution in [0.2, 0.25) is 0 Å². The largest absolute Gasteiger partial charge is 0.481 e. The van der Waals surface area contributed by atoms with Gasteiger partial charge in [0.1, 0.15) is 5.82 Å². The van der Waals surface area contributed by atoms with Crippen molar-refractivity contribution in [2.24, 2.45) is 0 Å². The minimum absolute atomic E-state index is 0.0348. The smallest absolute Gasteiger partial charge is 0.305 e. The predicted molar refractivity (Wildman–Crippen MR) is 53.3 cm³/mol. The summed E-state index contributed by atoms with van der Waals surface area (Å²) in [6.45, 7) is 5.99. The number of aromatic nitrogens is 2. The Hall–Kier alpha value is -1.32. The van der Waals surface area contributed by atoms with Gasteiger partial charge in [-0.15, -0.1) is 0 Å². The van der Waals surface area contributed by atoms with Crippen molar-refractivity contribution in [3.05, 3.63) is 18.2 Å². The lowest BCUT2D eigenvalue weighted by Gasteiger charge is -2.15. The van der Waals surface area contributed by atoms with Crippen LogP contribution in [0.15, 0.2) is 12.4 Å². The lowest BCUT2D eigenvalue weighted by atomic mass is 10.1. The number of carbonyl (C=O) groups is 1. The monoisotopic (exact) mass is 196 g/mol. The standard InChI is InChI=1S/C10H16N2O2/c1-7(2)10-11-4-5-12(10)8(3)6-9(13)14/h4-5,7-8H,6H2,1-3H3,(H,13,14). The highest BCUT2D eigenvalue weighted by molar-refractivity contribution is 5.67. The zero-order chi connectivity index (χ0) is 10.7. The molecule has 1 atom stereocenters. The average Bonchev–Trinajstić information content (AvgIpc) is 2.49. The lowest BCUT2D eigenvalue weighted by Crippen LogP contribution is -2.13. The third kappa shape index (κ3) is 2.34. The van der Waals surface area contributed by atoms with Gasteiger partial charge in [0.2, 0.25) is 0 Å². The van der Waals surface area contributed by atoms with Crippen LogP contribution in [0.5, 0.6) is 0 Å². The predicted octanol–water partition coefficient (Wildman–Crippen LogP) is 2.04. The summed E-state index contributed by atoms with van der Waals surface area (Å²) in [5.41, 5.74) is 0. The molecule has 1 heterocycles. The molecule has 1 unspecified atom stereocenters. The van der Waals surface area contributed by atoms with Gasteiger partial charge in [-0.3, -0.25) is 4.79 Å². The Morgan fingerprint density at radius 2 is 2.21 bits per heavy atom. The van der Waals surface area contributed by atoms with Crippen LogP contribution in [-0.4, -0.2) is 20.6 Å². The van der Waals surface area contributed by atoms with E-state index in [-0.39, 0.29) is 12.5 Å². The van der Waals surface area contributed by atoms with Crippen LogP contribution in [0.25, 0.3) is 0 Å². The van der Waals surface area contributed by atoms with E-state index in [9.17, 15) is 4.79 Å². The number of carboxylic acids is 1. The first-order chi connectivity index (χ1) is 6.52. The van der Waals surface area contributed by atoms with E-state index >= 15 is 0 Å². The second kappa shape index (κ2) is 4.26. The number of carboxylic acid groups (broad SMARTS) is 1. The van der Waals surface area contributed by atoms with Crippen LogP contribution in [0.4, 0.5) is 0 Å². The molecule has 4 heteroatoms. The van der Waals surface area contributed by atoms with Crippen molar-refractivity contribution in [1.29, 1.82) is 0 Å². The molecule has 1 aromatic rings. The fourth-order valence-electron chi connectivity index (χ4n) is 1.50. The van der Waals surface area contributed by atoms with Gasteiger partial charge in [-0.25, -0.2) is 4.98 Å². The van der Waals surface area contributed by atoms with Crippen LogP contribution >= 0.6 is 0 Å². The van der Waals surface area contributed by atoms with Gasteiger partial charge in [-0.1, -0.05) is 13.8 Å². The van der Waals surface area contributed by atoms with Crippen molar-refractivity contribution in [2.45, 2.75) is 39.2 Å². The minimum atomic E-state index is -0.777. The van der Waals surface area contributed by atoms with Crippen molar-refractivity contribution in [2.75, 3.05) is 0 Å². The molecule has 78 valence electrons. The Morgan fingerprint density at radius 3 is 2.71 bits per heavy atom. The summed E-state index contributed by atoms with van der Waals surface area (Å²) in [7, 11) is 0. The molecule has 14 heavy (non-hydrogen) atoms. The summed E-state index contributed by atoms with van der Waals surface area (Å²) in [6.07, 6.45) is 3.69. The van der Waals surface area contributed by atoms with E-state index in [4.69, 9.17) is 5.11 Å². The second-order valence-electron chi connectivity index (χ2n) is 3.79. The Labute approximate surface area is 83.6 Å². The zero-order valence-electron chi connectivity index (χ0n) is 8.77. The molecule has 1 rings (SSSR count).